The summed E-state index contributed by atoms with van der Waals surface area (Å²) in [6.45, 7) is 12.8. The Balaban J connectivity index is 0.000000314. The van der Waals surface area contributed by atoms with E-state index in [1.54, 1.807) is 30.3 Å². The van der Waals surface area contributed by atoms with Crippen molar-refractivity contribution in [1.29, 1.82) is 0 Å². The van der Waals surface area contributed by atoms with E-state index in [2.05, 4.69) is 39.3 Å². The Kier molecular flexibility index (Phi) is 7.56. The summed E-state index contributed by atoms with van der Waals surface area (Å²) in [4.78, 5) is 33.7. The highest BCUT2D eigenvalue weighted by atomic mass is 28.4. The van der Waals surface area contributed by atoms with Crippen molar-refractivity contribution in [3.63, 3.8) is 0 Å². The lowest BCUT2D eigenvalue weighted by Crippen LogP contribution is -2.48. The van der Waals surface area contributed by atoms with Gasteiger partial charge < -0.3 is 4.79 Å². The quantitative estimate of drug-likeness (QED) is 0.276. The van der Waals surface area contributed by atoms with Crippen LogP contribution in [-0.2, 0) is 0 Å². The molecule has 27 heavy (non-hydrogen) atoms. The second kappa shape index (κ2) is 9.01. The normalized spacial score (nSPS) is 11.2. The van der Waals surface area contributed by atoms with Crippen molar-refractivity contribution in [2.75, 3.05) is 0 Å². The highest BCUT2D eigenvalue weighted by Crippen LogP contribution is 2.16. The van der Waals surface area contributed by atoms with Gasteiger partial charge in [-0.2, -0.15) is 0 Å². The third kappa shape index (κ3) is 7.03. The van der Waals surface area contributed by atoms with Crippen molar-refractivity contribution >= 4 is 32.6 Å². The lowest BCUT2D eigenvalue weighted by molar-refractivity contribution is -0.384. The third-order valence-electron chi connectivity index (χ3n) is 3.72. The minimum atomic E-state index is -1.47. The van der Waals surface area contributed by atoms with E-state index in [-0.39, 0.29) is 11.5 Å². The smallest absolute Gasteiger partial charge is 0.270 e. The van der Waals surface area contributed by atoms with Crippen LogP contribution >= 0.6 is 0 Å². The molecule has 2 aromatic rings. The predicted octanol–water partition coefficient (Wildman–Crippen LogP) is 5.77. The molecule has 7 heteroatoms. The highest BCUT2D eigenvalue weighted by Gasteiger charge is 2.34. The zero-order chi connectivity index (χ0) is 20.8. The van der Waals surface area contributed by atoms with Gasteiger partial charge in [0, 0.05) is 23.3 Å². The highest BCUT2D eigenvalue weighted by molar-refractivity contribution is 7.31. The first kappa shape index (κ1) is 22.7. The van der Waals surface area contributed by atoms with E-state index in [0.29, 0.717) is 16.2 Å². The second-order valence-corrected chi connectivity index (χ2v) is 18.7. The fraction of sp³-hybridized carbons (Fsp3) is 0.300. The van der Waals surface area contributed by atoms with Crippen LogP contribution in [0.2, 0.25) is 39.3 Å². The van der Waals surface area contributed by atoms with Gasteiger partial charge in [-0.15, -0.1) is 0 Å². The van der Waals surface area contributed by atoms with E-state index in [4.69, 9.17) is 0 Å². The summed E-state index contributed by atoms with van der Waals surface area (Å²) in [5, 5.41) is 11.2. The van der Waals surface area contributed by atoms with E-state index in [0.717, 1.165) is 0 Å². The van der Waals surface area contributed by atoms with Crippen LogP contribution in [0.15, 0.2) is 54.6 Å². The number of nitrogens with zero attached hydrogens (tertiary/aromatic N) is 1. The fourth-order valence-corrected chi connectivity index (χ4v) is 11.6. The van der Waals surface area contributed by atoms with Gasteiger partial charge in [-0.25, -0.2) is 0 Å². The van der Waals surface area contributed by atoms with Crippen LogP contribution in [0, 0.1) is 10.1 Å². The van der Waals surface area contributed by atoms with Gasteiger partial charge in [0.05, 0.1) is 9.95 Å². The van der Waals surface area contributed by atoms with Crippen molar-refractivity contribution < 1.29 is 14.5 Å². The lowest BCUT2D eigenvalue weighted by Gasteiger charge is -2.23. The van der Waals surface area contributed by atoms with Crippen LogP contribution in [0.3, 0.4) is 0 Å². The molecule has 0 radical (unpaired) electrons. The van der Waals surface area contributed by atoms with Crippen LogP contribution in [0.4, 0.5) is 10.5 Å². The third-order valence-corrected chi connectivity index (χ3v) is 10.9. The summed E-state index contributed by atoms with van der Waals surface area (Å²) in [6.07, 6.45) is 0. The maximum Gasteiger partial charge on any atom is 0.270 e. The molecule has 0 saturated heterocycles. The standard InChI is InChI=1S/C13H9NO3.C7H18OSi2/c15-13(10-5-2-1-3-6-10)11-7-4-8-12(9-11)14(16)17;1-9(2,3)7(8)10(4,5)6/h1-9H;1-6H3. The van der Waals surface area contributed by atoms with Crippen LogP contribution in [0.5, 0.6) is 0 Å². The number of non-ortho nitro benzene ring substituents is 1. The van der Waals surface area contributed by atoms with E-state index in [9.17, 15) is 19.7 Å². The Morgan fingerprint density at radius 1 is 0.778 bits per heavy atom. The van der Waals surface area contributed by atoms with Crippen molar-refractivity contribution in [3.8, 4) is 0 Å². The molecule has 2 aromatic carbocycles. The van der Waals surface area contributed by atoms with Crippen molar-refractivity contribution in [2.24, 2.45) is 0 Å². The number of rotatable bonds is 5. The molecule has 0 bridgehead atoms. The summed E-state index contributed by atoms with van der Waals surface area (Å²) in [5.41, 5.74) is 0.769. The number of carbonyl (C=O) groups is 2. The van der Waals surface area contributed by atoms with Crippen molar-refractivity contribution in [3.05, 3.63) is 75.8 Å². The van der Waals surface area contributed by atoms with Gasteiger partial charge in [0.15, 0.2) is 5.78 Å². The lowest BCUT2D eigenvalue weighted by atomic mass is 10.0. The van der Waals surface area contributed by atoms with Crippen molar-refractivity contribution in [1.82, 2.24) is 0 Å². The topological polar surface area (TPSA) is 77.3 Å². The summed E-state index contributed by atoms with van der Waals surface area (Å²) >= 11 is 0. The predicted molar refractivity (Wildman–Crippen MR) is 115 cm³/mol. The number of nitro groups is 1. The number of carbonyl (C=O) groups excluding carboxylic acids is 2. The average Bonchev–Trinajstić information content (AvgIpc) is 2.60. The molecule has 0 heterocycles. The molecule has 0 unspecified atom stereocenters. The molecule has 0 spiro atoms. The van der Waals surface area contributed by atoms with Gasteiger partial charge in [0.25, 0.3) is 5.69 Å². The van der Waals surface area contributed by atoms with E-state index in [1.807, 2.05) is 6.07 Å². The fourth-order valence-electron chi connectivity index (χ4n) is 2.64. The number of hydrogen-bond donors (Lipinski definition) is 0. The molecule has 0 aromatic heterocycles. The van der Waals surface area contributed by atoms with Crippen LogP contribution in [-0.4, -0.2) is 31.9 Å². The van der Waals surface area contributed by atoms with Gasteiger partial charge in [-0.05, 0) is 0 Å². The second-order valence-electron chi connectivity index (χ2n) is 8.33. The van der Waals surface area contributed by atoms with Gasteiger partial charge in [-0.1, -0.05) is 81.7 Å². The zero-order valence-electron chi connectivity index (χ0n) is 16.8. The molecule has 0 aliphatic rings. The van der Waals surface area contributed by atoms with E-state index < -0.39 is 21.1 Å². The number of ketones is 1. The Hall–Kier alpha value is -2.39. The maximum atomic E-state index is 12.0. The minimum absolute atomic E-state index is 0.0771. The zero-order valence-corrected chi connectivity index (χ0v) is 18.8. The van der Waals surface area contributed by atoms with E-state index in [1.165, 1.54) is 18.2 Å². The summed E-state index contributed by atoms with van der Waals surface area (Å²) < 4.78 is 0. The Morgan fingerprint density at radius 3 is 1.67 bits per heavy atom. The first-order valence-corrected chi connectivity index (χ1v) is 15.7. The van der Waals surface area contributed by atoms with Crippen LogP contribution in [0.25, 0.3) is 0 Å². The Bertz CT molecular complexity index is 806. The SMILES string of the molecule is C[Si](C)(C)C(=O)[Si](C)(C)C.O=C(c1ccccc1)c1cccc([N+](=O)[O-])c1. The molecule has 0 saturated carbocycles. The Labute approximate surface area is 162 Å². The molecule has 0 atom stereocenters. The van der Waals surface area contributed by atoms with Crippen LogP contribution < -0.4 is 0 Å². The Morgan fingerprint density at radius 2 is 1.26 bits per heavy atom. The molecule has 0 fully saturated rings. The van der Waals surface area contributed by atoms with Gasteiger partial charge in [0.1, 0.15) is 16.1 Å². The molecule has 5 nitrogen and oxygen atoms in total. The maximum absolute atomic E-state index is 12.0. The summed E-state index contributed by atoms with van der Waals surface area (Å²) in [7, 11) is -2.95. The first-order valence-electron chi connectivity index (χ1n) is 8.73. The van der Waals surface area contributed by atoms with Crippen LogP contribution in [0.1, 0.15) is 15.9 Å². The van der Waals surface area contributed by atoms with Gasteiger partial charge in [-0.3, -0.25) is 14.9 Å². The first-order chi connectivity index (χ1) is 12.3. The molecule has 0 aliphatic heterocycles. The van der Waals surface area contributed by atoms with Gasteiger partial charge in [0.2, 0.25) is 0 Å². The summed E-state index contributed by atoms with van der Waals surface area (Å²) in [6, 6.07) is 14.4. The minimum Gasteiger partial charge on any atom is -0.311 e. The molecule has 144 valence electrons. The molecule has 2 rings (SSSR count). The number of benzene rings is 2. The number of nitro benzene ring substituents is 1. The molecular formula is C20H27NO4Si2. The molecule has 0 aliphatic carbocycles. The molecule has 0 amide bonds. The summed E-state index contributed by atoms with van der Waals surface area (Å²) in [5.74, 6) is -0.214. The van der Waals surface area contributed by atoms with Crippen molar-refractivity contribution in [2.45, 2.75) is 39.3 Å². The van der Waals surface area contributed by atoms with E-state index >= 15 is 0 Å². The molecule has 0 N–H and O–H groups in total. The number of hydrogen-bond acceptors (Lipinski definition) is 4. The molecular weight excluding hydrogens is 374 g/mol. The van der Waals surface area contributed by atoms with Gasteiger partial charge >= 0.3 is 0 Å². The average molecular weight is 402 g/mol. The largest absolute Gasteiger partial charge is 0.311 e. The monoisotopic (exact) mass is 401 g/mol.